The van der Waals surface area contributed by atoms with Gasteiger partial charge in [-0.3, -0.25) is 4.79 Å². The highest BCUT2D eigenvalue weighted by atomic mass is 32.2. The smallest absolute Gasteiger partial charge is 0.230 e. The fraction of sp³-hybridized carbons (Fsp3) is 0.480. The van der Waals surface area contributed by atoms with Crippen LogP contribution in [0.4, 0.5) is 0 Å². The molecule has 1 aliphatic heterocycles. The third-order valence-corrected chi connectivity index (χ3v) is 7.32. The van der Waals surface area contributed by atoms with Gasteiger partial charge in [0.2, 0.25) is 5.91 Å². The lowest BCUT2D eigenvalue weighted by Crippen LogP contribution is -2.38. The number of hydrogen-bond donors (Lipinski definition) is 1. The van der Waals surface area contributed by atoms with Crippen LogP contribution in [0.1, 0.15) is 61.0 Å². The van der Waals surface area contributed by atoms with E-state index in [9.17, 15) is 4.79 Å². The van der Waals surface area contributed by atoms with E-state index >= 15 is 0 Å². The second-order valence-corrected chi connectivity index (χ2v) is 9.58. The average Bonchev–Trinajstić information content (AvgIpc) is 3.19. The summed E-state index contributed by atoms with van der Waals surface area (Å²) in [6.07, 6.45) is 5.62. The van der Waals surface area contributed by atoms with Crippen molar-refractivity contribution in [1.29, 1.82) is 0 Å². The van der Waals surface area contributed by atoms with Crippen LogP contribution in [0.5, 0.6) is 11.5 Å². The van der Waals surface area contributed by atoms with Crippen LogP contribution in [0, 0.1) is 6.92 Å². The molecular weight excluding hydrogens is 394 g/mol. The third-order valence-electron chi connectivity index (χ3n) is 6.06. The van der Waals surface area contributed by atoms with E-state index in [1.165, 1.54) is 18.4 Å². The molecule has 160 valence electrons. The predicted octanol–water partition coefficient (Wildman–Crippen LogP) is 5.58. The number of carbonyl (C=O) groups excluding carboxylic acids is 1. The second-order valence-electron chi connectivity index (χ2n) is 8.39. The molecule has 4 rings (SSSR count). The summed E-state index contributed by atoms with van der Waals surface area (Å²) in [5.74, 6) is 2.36. The number of rotatable bonds is 7. The Hall–Kier alpha value is -2.14. The van der Waals surface area contributed by atoms with E-state index in [1.807, 2.05) is 19.1 Å². The van der Waals surface area contributed by atoms with E-state index in [0.717, 1.165) is 41.9 Å². The largest absolute Gasteiger partial charge is 0.494 e. The third kappa shape index (κ3) is 4.94. The highest BCUT2D eigenvalue weighted by Gasteiger charge is 2.43. The maximum Gasteiger partial charge on any atom is 0.230 e. The van der Waals surface area contributed by atoms with Gasteiger partial charge in [0.1, 0.15) is 17.1 Å². The maximum atomic E-state index is 12.5. The summed E-state index contributed by atoms with van der Waals surface area (Å²) >= 11 is 1.73. The fourth-order valence-electron chi connectivity index (χ4n) is 4.46. The number of aryl methyl sites for hydroxylation is 1. The minimum absolute atomic E-state index is 0.0594. The Morgan fingerprint density at radius 3 is 2.70 bits per heavy atom. The zero-order valence-electron chi connectivity index (χ0n) is 17.9. The lowest BCUT2D eigenvalue weighted by atomic mass is 9.89. The van der Waals surface area contributed by atoms with Crippen molar-refractivity contribution in [3.63, 3.8) is 0 Å². The molecule has 2 aromatic carbocycles. The van der Waals surface area contributed by atoms with Crippen molar-refractivity contribution in [1.82, 2.24) is 5.32 Å². The van der Waals surface area contributed by atoms with Crippen molar-refractivity contribution in [3.8, 4) is 11.5 Å². The van der Waals surface area contributed by atoms with Gasteiger partial charge in [-0.25, -0.2) is 0 Å². The van der Waals surface area contributed by atoms with Gasteiger partial charge in [-0.05, 0) is 63.3 Å². The fourth-order valence-corrected chi connectivity index (χ4v) is 5.70. The highest BCUT2D eigenvalue weighted by molar-refractivity contribution is 8.00. The SMILES string of the molecule is CCOc1ccc2c(c1)C(SCC(=O)NCc1ccc(C)cc1)CC1(CCCC1)O2. The van der Waals surface area contributed by atoms with Crippen molar-refractivity contribution >= 4 is 17.7 Å². The number of ether oxygens (including phenoxy) is 2. The molecule has 4 nitrogen and oxygen atoms in total. The first kappa shape index (κ1) is 21.1. The Balaban J connectivity index is 1.42. The van der Waals surface area contributed by atoms with Gasteiger partial charge >= 0.3 is 0 Å². The van der Waals surface area contributed by atoms with Gasteiger partial charge in [0.15, 0.2) is 0 Å². The van der Waals surface area contributed by atoms with Crippen LogP contribution < -0.4 is 14.8 Å². The predicted molar refractivity (Wildman–Crippen MR) is 122 cm³/mol. The first-order valence-corrected chi connectivity index (χ1v) is 12.0. The summed E-state index contributed by atoms with van der Waals surface area (Å²) in [4.78, 5) is 12.5. The summed E-state index contributed by atoms with van der Waals surface area (Å²) in [5.41, 5.74) is 3.46. The number of fused-ring (bicyclic) bond motifs is 1. The number of benzene rings is 2. The van der Waals surface area contributed by atoms with E-state index < -0.39 is 0 Å². The molecule has 0 bridgehead atoms. The second kappa shape index (κ2) is 9.34. The van der Waals surface area contributed by atoms with E-state index in [1.54, 1.807) is 11.8 Å². The lowest BCUT2D eigenvalue weighted by Gasteiger charge is -2.40. The molecule has 1 saturated carbocycles. The van der Waals surface area contributed by atoms with Crippen molar-refractivity contribution in [2.75, 3.05) is 12.4 Å². The van der Waals surface area contributed by atoms with Gasteiger partial charge in [0, 0.05) is 23.8 Å². The van der Waals surface area contributed by atoms with Gasteiger partial charge in [0.05, 0.1) is 12.4 Å². The Morgan fingerprint density at radius 2 is 1.97 bits per heavy atom. The molecule has 0 saturated heterocycles. The Kier molecular flexibility index (Phi) is 6.57. The molecule has 1 amide bonds. The monoisotopic (exact) mass is 425 g/mol. The summed E-state index contributed by atoms with van der Waals surface area (Å²) in [7, 11) is 0. The van der Waals surface area contributed by atoms with E-state index in [2.05, 4.69) is 42.6 Å². The van der Waals surface area contributed by atoms with Gasteiger partial charge in [-0.2, -0.15) is 0 Å². The van der Waals surface area contributed by atoms with Crippen LogP contribution in [-0.2, 0) is 11.3 Å². The first-order valence-electron chi connectivity index (χ1n) is 11.0. The van der Waals surface area contributed by atoms with Crippen LogP contribution >= 0.6 is 11.8 Å². The number of amides is 1. The normalized spacial score (nSPS) is 19.2. The van der Waals surface area contributed by atoms with E-state index in [-0.39, 0.29) is 16.8 Å². The number of nitrogens with one attached hydrogen (secondary N) is 1. The average molecular weight is 426 g/mol. The molecule has 5 heteroatoms. The minimum Gasteiger partial charge on any atom is -0.494 e. The summed E-state index contributed by atoms with van der Waals surface area (Å²) in [5, 5.41) is 3.31. The van der Waals surface area contributed by atoms with Crippen molar-refractivity contribution in [3.05, 3.63) is 59.2 Å². The number of hydrogen-bond acceptors (Lipinski definition) is 4. The molecule has 1 aliphatic carbocycles. The van der Waals surface area contributed by atoms with Crippen molar-refractivity contribution in [2.24, 2.45) is 0 Å². The molecule has 0 aromatic heterocycles. The maximum absolute atomic E-state index is 12.5. The molecule has 1 atom stereocenters. The zero-order chi connectivity index (χ0) is 21.0. The molecule has 30 heavy (non-hydrogen) atoms. The summed E-state index contributed by atoms with van der Waals surface area (Å²) < 4.78 is 12.2. The molecule has 0 radical (unpaired) electrons. The Morgan fingerprint density at radius 1 is 1.20 bits per heavy atom. The summed E-state index contributed by atoms with van der Waals surface area (Å²) in [6.45, 7) is 5.28. The molecule has 1 heterocycles. The first-order chi connectivity index (χ1) is 14.6. The standard InChI is InChI=1S/C25H31NO3S/c1-3-28-20-10-11-22-21(14-20)23(15-25(29-22)12-4-5-13-25)30-17-24(27)26-16-19-8-6-18(2)7-9-19/h6-11,14,23H,3-5,12-13,15-17H2,1-2H3,(H,26,27). The zero-order valence-corrected chi connectivity index (χ0v) is 18.7. The number of thioether (sulfide) groups is 1. The quantitative estimate of drug-likeness (QED) is 0.629. The van der Waals surface area contributed by atoms with Crippen LogP contribution in [-0.4, -0.2) is 23.9 Å². The van der Waals surface area contributed by atoms with Crippen LogP contribution in [0.2, 0.25) is 0 Å². The van der Waals surface area contributed by atoms with Crippen molar-refractivity contribution < 1.29 is 14.3 Å². The van der Waals surface area contributed by atoms with Crippen LogP contribution in [0.15, 0.2) is 42.5 Å². The van der Waals surface area contributed by atoms with Gasteiger partial charge in [0.25, 0.3) is 0 Å². The molecule has 1 N–H and O–H groups in total. The molecule has 1 spiro atoms. The highest BCUT2D eigenvalue weighted by Crippen LogP contribution is 2.52. The van der Waals surface area contributed by atoms with Gasteiger partial charge in [-0.1, -0.05) is 29.8 Å². The Labute approximate surface area is 183 Å². The molecule has 1 unspecified atom stereocenters. The van der Waals surface area contributed by atoms with Crippen LogP contribution in [0.3, 0.4) is 0 Å². The van der Waals surface area contributed by atoms with Gasteiger partial charge < -0.3 is 14.8 Å². The summed E-state index contributed by atoms with van der Waals surface area (Å²) in [6, 6.07) is 14.4. The minimum atomic E-state index is -0.0594. The van der Waals surface area contributed by atoms with Gasteiger partial charge in [-0.15, -0.1) is 11.8 Å². The Bertz CT molecular complexity index is 874. The van der Waals surface area contributed by atoms with E-state index in [0.29, 0.717) is 18.9 Å². The molecular formula is C25H31NO3S. The van der Waals surface area contributed by atoms with Crippen molar-refractivity contribution in [2.45, 2.75) is 63.3 Å². The lowest BCUT2D eigenvalue weighted by molar-refractivity contribution is -0.118. The topological polar surface area (TPSA) is 47.6 Å². The van der Waals surface area contributed by atoms with E-state index in [4.69, 9.17) is 9.47 Å². The number of carbonyl (C=O) groups is 1. The molecule has 1 fully saturated rings. The van der Waals surface area contributed by atoms with Crippen LogP contribution in [0.25, 0.3) is 0 Å². The molecule has 2 aliphatic rings. The molecule has 2 aromatic rings.